The van der Waals surface area contributed by atoms with Gasteiger partial charge < -0.3 is 9.84 Å². The Balaban J connectivity index is 0.00000241. The minimum atomic E-state index is -0.660. The second-order valence-corrected chi connectivity index (χ2v) is 11.0. The van der Waals surface area contributed by atoms with Crippen LogP contribution in [0.2, 0.25) is 0 Å². The third-order valence-electron chi connectivity index (χ3n) is 7.04. The van der Waals surface area contributed by atoms with Crippen molar-refractivity contribution in [1.29, 1.82) is 0 Å². The molecule has 1 aromatic carbocycles. The number of carbonyl (C=O) groups excluding carboxylic acids is 3. The number of rotatable bonds is 8. The van der Waals surface area contributed by atoms with Crippen LogP contribution in [-0.4, -0.2) is 82.5 Å². The maximum absolute atomic E-state index is 14.8. The summed E-state index contributed by atoms with van der Waals surface area (Å²) in [6, 6.07) is 5.28. The van der Waals surface area contributed by atoms with E-state index in [9.17, 15) is 23.9 Å². The zero-order valence-corrected chi connectivity index (χ0v) is 23.5. The zero-order chi connectivity index (χ0) is 25.1. The number of hydrogen-bond acceptors (Lipinski definition) is 8. The third-order valence-corrected chi connectivity index (χ3v) is 8.20. The molecule has 0 spiro atoms. The van der Waals surface area contributed by atoms with Gasteiger partial charge in [0, 0.05) is 56.3 Å². The van der Waals surface area contributed by atoms with Crippen LogP contribution in [0.25, 0.3) is 0 Å². The highest BCUT2D eigenvalue weighted by Gasteiger charge is 2.42. The van der Waals surface area contributed by atoms with Crippen molar-refractivity contribution in [2.24, 2.45) is 5.92 Å². The first-order valence-corrected chi connectivity index (χ1v) is 13.0. The molecule has 2 heterocycles. The lowest BCUT2D eigenvalue weighted by molar-refractivity contribution is -0.145. The molecule has 2 aliphatic heterocycles. The van der Waals surface area contributed by atoms with Crippen molar-refractivity contribution in [1.82, 2.24) is 9.80 Å². The van der Waals surface area contributed by atoms with Crippen LogP contribution in [-0.2, 0) is 19.1 Å². The van der Waals surface area contributed by atoms with Gasteiger partial charge in [0.05, 0.1) is 19.3 Å². The molecule has 3 fully saturated rings. The highest BCUT2D eigenvalue weighted by Crippen LogP contribution is 2.40. The molecule has 7 nitrogen and oxygen atoms in total. The van der Waals surface area contributed by atoms with Gasteiger partial charge in [0.15, 0.2) is 10.9 Å². The number of carbonyl (C=O) groups is 3. The molecule has 0 bridgehead atoms. The second kappa shape index (κ2) is 14.1. The van der Waals surface area contributed by atoms with E-state index < -0.39 is 18.2 Å². The number of hydrogen-bond donors (Lipinski definition) is 1. The lowest BCUT2D eigenvalue weighted by Gasteiger charge is -2.39. The summed E-state index contributed by atoms with van der Waals surface area (Å²) in [4.78, 5) is 41.3. The molecule has 3 aliphatic rings. The number of benzene rings is 1. The number of thioether (sulfide) groups is 1. The van der Waals surface area contributed by atoms with Crippen LogP contribution >= 0.6 is 36.6 Å². The molecule has 2 unspecified atom stereocenters. The molecular weight excluding hydrogens is 542 g/mol. The Bertz CT molecular complexity index is 1010. The molecule has 206 valence electrons. The molecule has 1 aliphatic carbocycles. The molecular formula is C26H35Cl2FN2O5S. The molecule has 37 heavy (non-hydrogen) atoms. The van der Waals surface area contributed by atoms with E-state index in [1.165, 1.54) is 31.9 Å². The number of ketones is 1. The molecule has 1 N–H and O–H groups in total. The van der Waals surface area contributed by atoms with Crippen LogP contribution in [0.5, 0.6) is 0 Å². The quantitative estimate of drug-likeness (QED) is 0.371. The maximum atomic E-state index is 14.8. The summed E-state index contributed by atoms with van der Waals surface area (Å²) >= 11 is 1.27. The Morgan fingerprint density at radius 3 is 2.54 bits per heavy atom. The van der Waals surface area contributed by atoms with Gasteiger partial charge in [0.25, 0.3) is 0 Å². The monoisotopic (exact) mass is 576 g/mol. The standard InChI is InChI=1S/C26H33FN2O5S.2ClH/c1-16(30)35-23-10-12-29(24(25(32)17-7-8-17)20-5-3-4-6-21(20)27)14-18(23)9-11-28-15-19(31)13-22(28)26(33)34-2;;/h3-6,9,17,19,22-24,31H,7-8,10-15H2,1-2H3;2*1H/t19-,22+,23?,24?;;/m1../s1. The van der Waals surface area contributed by atoms with E-state index in [2.05, 4.69) is 0 Å². The fourth-order valence-corrected chi connectivity index (χ4v) is 6.10. The molecule has 0 radical (unpaired) electrons. The molecule has 2 saturated heterocycles. The maximum Gasteiger partial charge on any atom is 0.323 e. The first-order chi connectivity index (χ1) is 16.8. The second-order valence-electron chi connectivity index (χ2n) is 9.62. The number of esters is 1. The minimum absolute atomic E-state index is 0. The Labute approximate surface area is 234 Å². The number of methoxy groups -OCH3 is 1. The van der Waals surface area contributed by atoms with Crippen LogP contribution in [0, 0.1) is 11.7 Å². The average Bonchev–Trinajstić information content (AvgIpc) is 3.61. The van der Waals surface area contributed by atoms with Crippen molar-refractivity contribution >= 4 is 53.4 Å². The predicted molar refractivity (Wildman–Crippen MR) is 146 cm³/mol. The number of aliphatic hydroxyl groups is 1. The van der Waals surface area contributed by atoms with Crippen molar-refractivity contribution < 1.29 is 28.6 Å². The summed E-state index contributed by atoms with van der Waals surface area (Å²) < 4.78 is 19.7. The molecule has 0 amide bonds. The smallest absolute Gasteiger partial charge is 0.323 e. The van der Waals surface area contributed by atoms with Crippen LogP contribution in [0.4, 0.5) is 4.39 Å². The molecule has 11 heteroatoms. The van der Waals surface area contributed by atoms with E-state index in [-0.39, 0.29) is 58.7 Å². The number of halogens is 3. The molecule has 0 aromatic heterocycles. The van der Waals surface area contributed by atoms with E-state index in [0.29, 0.717) is 44.6 Å². The Morgan fingerprint density at radius 1 is 1.22 bits per heavy atom. The summed E-state index contributed by atoms with van der Waals surface area (Å²) in [5.41, 5.74) is 1.38. The summed E-state index contributed by atoms with van der Waals surface area (Å²) in [7, 11) is 1.34. The number of β-amino-alcohol motifs (C(OH)–C–C–N with tert-alkyl or cyclic N) is 1. The van der Waals surface area contributed by atoms with Gasteiger partial charge in [-0.15, -0.1) is 24.8 Å². The third kappa shape index (κ3) is 7.77. The number of piperidine rings is 1. The molecule has 4 atom stereocenters. The zero-order valence-electron chi connectivity index (χ0n) is 21.0. The summed E-state index contributed by atoms with van der Waals surface area (Å²) in [5.74, 6) is -0.734. The summed E-state index contributed by atoms with van der Waals surface area (Å²) in [5, 5.41) is 10.1. The van der Waals surface area contributed by atoms with Gasteiger partial charge in [-0.2, -0.15) is 0 Å². The number of aliphatic hydroxyl groups excluding tert-OH is 1. The topological polar surface area (TPSA) is 87.2 Å². The van der Waals surface area contributed by atoms with Crippen molar-refractivity contribution in [2.75, 3.05) is 33.3 Å². The van der Waals surface area contributed by atoms with E-state index in [0.717, 1.165) is 18.4 Å². The van der Waals surface area contributed by atoms with E-state index in [1.807, 2.05) is 15.9 Å². The van der Waals surface area contributed by atoms with E-state index >= 15 is 0 Å². The lowest BCUT2D eigenvalue weighted by Crippen LogP contribution is -2.44. The fraction of sp³-hybridized carbons (Fsp3) is 0.577. The number of nitrogens with zero attached hydrogens (tertiary/aromatic N) is 2. The summed E-state index contributed by atoms with van der Waals surface area (Å²) in [6.45, 7) is 3.32. The number of Topliss-reactive ketones (excluding diaryl/α,β-unsaturated/α-hetero) is 1. The Morgan fingerprint density at radius 2 is 1.92 bits per heavy atom. The van der Waals surface area contributed by atoms with Gasteiger partial charge in [-0.25, -0.2) is 4.39 Å². The highest BCUT2D eigenvalue weighted by atomic mass is 35.5. The number of ether oxygens (including phenoxy) is 1. The van der Waals surface area contributed by atoms with Crippen molar-refractivity contribution in [3.8, 4) is 0 Å². The fourth-order valence-electron chi connectivity index (χ4n) is 5.15. The van der Waals surface area contributed by atoms with Crippen molar-refractivity contribution in [2.45, 2.75) is 56.0 Å². The molecule has 1 saturated carbocycles. The number of likely N-dealkylation sites (tertiary alicyclic amines) is 2. The van der Waals surface area contributed by atoms with Gasteiger partial charge in [0.1, 0.15) is 11.9 Å². The minimum Gasteiger partial charge on any atom is -0.468 e. The van der Waals surface area contributed by atoms with Gasteiger partial charge in [-0.1, -0.05) is 36.0 Å². The van der Waals surface area contributed by atoms with Gasteiger partial charge in [-0.05, 0) is 30.9 Å². The van der Waals surface area contributed by atoms with Crippen molar-refractivity contribution in [3.05, 3.63) is 47.3 Å². The lowest BCUT2D eigenvalue weighted by atomic mass is 9.93. The van der Waals surface area contributed by atoms with Gasteiger partial charge in [-0.3, -0.25) is 24.2 Å². The first-order valence-electron chi connectivity index (χ1n) is 12.2. The average molecular weight is 578 g/mol. The van der Waals surface area contributed by atoms with Crippen molar-refractivity contribution in [3.63, 3.8) is 0 Å². The van der Waals surface area contributed by atoms with Crippen LogP contribution in [0.3, 0.4) is 0 Å². The van der Waals surface area contributed by atoms with Gasteiger partial charge in [0.2, 0.25) is 0 Å². The normalized spacial score (nSPS) is 26.2. The van der Waals surface area contributed by atoms with Gasteiger partial charge >= 0.3 is 5.97 Å². The van der Waals surface area contributed by atoms with E-state index in [1.54, 1.807) is 18.2 Å². The Hall–Kier alpha value is -1.49. The van der Waals surface area contributed by atoms with Crippen LogP contribution < -0.4 is 0 Å². The Kier molecular flexibility index (Phi) is 12.1. The predicted octanol–water partition coefficient (Wildman–Crippen LogP) is 3.58. The van der Waals surface area contributed by atoms with Crippen LogP contribution in [0.15, 0.2) is 35.9 Å². The first kappa shape index (κ1) is 31.7. The largest absolute Gasteiger partial charge is 0.468 e. The summed E-state index contributed by atoms with van der Waals surface area (Å²) in [6.07, 6.45) is 4.05. The van der Waals surface area contributed by atoms with E-state index in [4.69, 9.17) is 4.74 Å². The molecule has 1 aromatic rings. The molecule has 4 rings (SSSR count). The van der Waals surface area contributed by atoms with Crippen LogP contribution in [0.1, 0.15) is 44.2 Å². The highest BCUT2D eigenvalue weighted by molar-refractivity contribution is 8.14. The SMILES string of the molecule is COC(=O)[C@@H]1C[C@@H](O)CN1CC=C1CN(C(C(=O)C2CC2)c2ccccc2F)CCC1SC(C)=O.Cl.Cl.